The molecule has 156 valence electrons. The van der Waals surface area contributed by atoms with E-state index in [0.717, 1.165) is 4.90 Å². The average molecular weight is 481 g/mol. The van der Waals surface area contributed by atoms with Crippen molar-refractivity contribution in [3.8, 4) is 5.75 Å². The molecular weight excluding hydrogens is 464 g/mol. The van der Waals surface area contributed by atoms with E-state index in [4.69, 9.17) is 60.6 Å². The molecule has 6 nitrogen and oxygen atoms in total. The number of imide groups is 1. The van der Waals surface area contributed by atoms with Crippen LogP contribution in [0, 0.1) is 11.8 Å². The number of hydrogen-bond acceptors (Lipinski definition) is 5. The molecule has 1 saturated heterocycles. The van der Waals surface area contributed by atoms with Crippen LogP contribution in [-0.4, -0.2) is 48.2 Å². The lowest BCUT2D eigenvalue weighted by atomic mass is 9.84. The summed E-state index contributed by atoms with van der Waals surface area (Å²) < 4.78 is 16.7. The summed E-state index contributed by atoms with van der Waals surface area (Å²) in [6.07, 6.45) is 0. The summed E-state index contributed by atoms with van der Waals surface area (Å²) in [6.45, 7) is 2.16. The molecule has 1 aromatic carbocycles. The van der Waals surface area contributed by atoms with Gasteiger partial charge in [-0.25, -0.2) is 4.90 Å². The lowest BCUT2D eigenvalue weighted by molar-refractivity contribution is -0.221. The maximum atomic E-state index is 13.5. The van der Waals surface area contributed by atoms with E-state index in [0.29, 0.717) is 18.0 Å². The van der Waals surface area contributed by atoms with Crippen molar-refractivity contribution < 1.29 is 23.8 Å². The third-order valence-corrected chi connectivity index (χ3v) is 8.54. The van der Waals surface area contributed by atoms with Gasteiger partial charge >= 0.3 is 0 Å². The zero-order chi connectivity index (χ0) is 21.4. The molecule has 0 aromatic heterocycles. The van der Waals surface area contributed by atoms with Crippen LogP contribution >= 0.6 is 46.4 Å². The van der Waals surface area contributed by atoms with Gasteiger partial charge in [0, 0.05) is 14.2 Å². The van der Waals surface area contributed by atoms with Crippen LogP contribution in [0.5, 0.6) is 5.75 Å². The van der Waals surface area contributed by atoms with Gasteiger partial charge in [0.15, 0.2) is 0 Å². The van der Waals surface area contributed by atoms with Gasteiger partial charge < -0.3 is 14.2 Å². The van der Waals surface area contributed by atoms with Crippen molar-refractivity contribution in [2.45, 2.75) is 22.5 Å². The largest absolute Gasteiger partial charge is 0.492 e. The number of ether oxygens (including phenoxy) is 3. The first-order valence-corrected chi connectivity index (χ1v) is 10.3. The van der Waals surface area contributed by atoms with Crippen molar-refractivity contribution >= 4 is 63.9 Å². The smallest absolute Gasteiger partial charge is 0.240 e. The molecule has 1 aliphatic heterocycles. The Hall–Kier alpha value is -1.02. The van der Waals surface area contributed by atoms with Gasteiger partial charge in [0.25, 0.3) is 0 Å². The molecule has 2 bridgehead atoms. The van der Waals surface area contributed by atoms with Crippen LogP contribution in [-0.2, 0) is 19.1 Å². The normalized spacial score (nSPS) is 34.9. The van der Waals surface area contributed by atoms with Gasteiger partial charge in [-0.05, 0) is 19.1 Å². The van der Waals surface area contributed by atoms with Crippen molar-refractivity contribution in [2.24, 2.45) is 11.8 Å². The number of amides is 2. The highest BCUT2D eigenvalue weighted by atomic mass is 35.5. The number of carbonyl (C=O) groups is 2. The summed E-state index contributed by atoms with van der Waals surface area (Å²) in [5.74, 6) is -4.86. The number of benzene rings is 1. The fourth-order valence-electron chi connectivity index (χ4n) is 4.86. The molecule has 2 amide bonds. The monoisotopic (exact) mass is 479 g/mol. The molecule has 0 unspecified atom stereocenters. The molecule has 4 rings (SSSR count). The van der Waals surface area contributed by atoms with E-state index in [2.05, 4.69) is 0 Å². The highest BCUT2D eigenvalue weighted by molar-refractivity contribution is 6.54. The Kier molecular flexibility index (Phi) is 4.93. The molecule has 2 fully saturated rings. The Labute approximate surface area is 187 Å². The number of carbonyl (C=O) groups excluding carboxylic acids is 2. The second-order valence-electron chi connectivity index (χ2n) is 6.94. The van der Waals surface area contributed by atoms with Crippen LogP contribution in [0.1, 0.15) is 6.92 Å². The second-order valence-corrected chi connectivity index (χ2v) is 8.89. The van der Waals surface area contributed by atoms with Crippen molar-refractivity contribution in [2.75, 3.05) is 25.7 Å². The molecule has 0 N–H and O–H groups in total. The number of hydrogen-bond donors (Lipinski definition) is 0. The molecule has 1 saturated carbocycles. The molecule has 1 aromatic rings. The molecule has 0 spiro atoms. The summed E-state index contributed by atoms with van der Waals surface area (Å²) in [5.41, 5.74) is 0.298. The predicted molar refractivity (Wildman–Crippen MR) is 110 cm³/mol. The standard InChI is InChI=1S/C19H17Cl4NO5/c1-4-29-10-8-6-5-7-9(10)24-15(25)11-12(16(24)26)18(23)14(21)13(20)17(11,22)19(18,27-2)28-3/h5-8,11-12H,4H2,1-3H3/t11-,12-,17+,18+/m0/s1. The van der Waals surface area contributed by atoms with Crippen LogP contribution in [0.15, 0.2) is 34.3 Å². The van der Waals surface area contributed by atoms with E-state index in [9.17, 15) is 9.59 Å². The fraction of sp³-hybridized carbons (Fsp3) is 0.474. The zero-order valence-electron chi connectivity index (χ0n) is 15.7. The van der Waals surface area contributed by atoms with Crippen LogP contribution in [0.4, 0.5) is 5.69 Å². The third kappa shape index (κ3) is 2.13. The molecule has 10 heteroatoms. The Bertz CT molecular complexity index is 902. The number of para-hydroxylation sites is 2. The highest BCUT2D eigenvalue weighted by Crippen LogP contribution is 2.75. The van der Waals surface area contributed by atoms with Crippen LogP contribution in [0.25, 0.3) is 0 Å². The topological polar surface area (TPSA) is 65.1 Å². The molecule has 0 radical (unpaired) electrons. The van der Waals surface area contributed by atoms with E-state index in [1.807, 2.05) is 0 Å². The first-order chi connectivity index (χ1) is 13.7. The molecule has 29 heavy (non-hydrogen) atoms. The van der Waals surface area contributed by atoms with E-state index < -0.39 is 39.2 Å². The number of methoxy groups -OCH3 is 2. The van der Waals surface area contributed by atoms with Crippen LogP contribution in [0.3, 0.4) is 0 Å². The maximum Gasteiger partial charge on any atom is 0.240 e. The molecule has 3 aliphatic rings. The molecule has 1 heterocycles. The Morgan fingerprint density at radius 1 is 0.966 bits per heavy atom. The van der Waals surface area contributed by atoms with Gasteiger partial charge in [0.2, 0.25) is 17.6 Å². The van der Waals surface area contributed by atoms with Gasteiger partial charge in [-0.1, -0.05) is 35.3 Å². The van der Waals surface area contributed by atoms with E-state index in [1.165, 1.54) is 14.2 Å². The maximum absolute atomic E-state index is 13.5. The first-order valence-electron chi connectivity index (χ1n) is 8.83. The van der Waals surface area contributed by atoms with Gasteiger partial charge in [0.1, 0.15) is 15.5 Å². The van der Waals surface area contributed by atoms with Gasteiger partial charge in [-0.15, -0.1) is 23.2 Å². The summed E-state index contributed by atoms with van der Waals surface area (Å²) in [4.78, 5) is 24.6. The minimum Gasteiger partial charge on any atom is -0.492 e. The van der Waals surface area contributed by atoms with E-state index >= 15 is 0 Å². The Morgan fingerprint density at radius 2 is 1.45 bits per heavy atom. The van der Waals surface area contributed by atoms with Crippen LogP contribution < -0.4 is 9.64 Å². The van der Waals surface area contributed by atoms with Crippen LogP contribution in [0.2, 0.25) is 0 Å². The molecule has 2 aliphatic carbocycles. The quantitative estimate of drug-likeness (QED) is 0.364. The van der Waals surface area contributed by atoms with E-state index in [-0.39, 0.29) is 10.1 Å². The second kappa shape index (κ2) is 6.74. The molecule has 4 atom stereocenters. The van der Waals surface area contributed by atoms with Crippen molar-refractivity contribution in [1.82, 2.24) is 0 Å². The lowest BCUT2D eigenvalue weighted by Gasteiger charge is -2.42. The van der Waals surface area contributed by atoms with Gasteiger partial charge in [-0.3, -0.25) is 9.59 Å². The van der Waals surface area contributed by atoms with Crippen molar-refractivity contribution in [3.63, 3.8) is 0 Å². The SMILES string of the molecule is CCOc1ccccc1N1C(=O)[C@@H]2[C@@H](C1=O)[C@@]1(Cl)C(Cl)=C(Cl)[C@@]2(Cl)C1(OC)OC. The minimum atomic E-state index is -1.80. The molecular formula is C19H17Cl4NO5. The van der Waals surface area contributed by atoms with Gasteiger partial charge in [0.05, 0.1) is 34.2 Å². The summed E-state index contributed by atoms with van der Waals surface area (Å²) >= 11 is 26.8. The number of fused-ring (bicyclic) bond motifs is 5. The average Bonchev–Trinajstić information content (AvgIpc) is 3.13. The number of halogens is 4. The Balaban J connectivity index is 1.92. The number of anilines is 1. The number of alkyl halides is 2. The van der Waals surface area contributed by atoms with Gasteiger partial charge in [-0.2, -0.15) is 0 Å². The predicted octanol–water partition coefficient (Wildman–Crippen LogP) is 3.85. The van der Waals surface area contributed by atoms with Crippen molar-refractivity contribution in [1.29, 1.82) is 0 Å². The summed E-state index contributed by atoms with van der Waals surface area (Å²) in [7, 11) is 2.63. The lowest BCUT2D eigenvalue weighted by Crippen LogP contribution is -2.60. The Morgan fingerprint density at radius 3 is 1.90 bits per heavy atom. The highest BCUT2D eigenvalue weighted by Gasteiger charge is 2.89. The summed E-state index contributed by atoms with van der Waals surface area (Å²) in [5, 5.41) is -0.135. The zero-order valence-corrected chi connectivity index (χ0v) is 18.7. The number of nitrogens with zero attached hydrogens (tertiary/aromatic N) is 1. The van der Waals surface area contributed by atoms with Crippen molar-refractivity contribution in [3.05, 3.63) is 34.3 Å². The first kappa shape index (κ1) is 21.2. The fourth-order valence-corrected chi connectivity index (χ4v) is 7.02. The third-order valence-electron chi connectivity index (χ3n) is 5.93. The number of rotatable bonds is 5. The summed E-state index contributed by atoms with van der Waals surface area (Å²) in [6, 6.07) is 6.72. The van der Waals surface area contributed by atoms with E-state index in [1.54, 1.807) is 31.2 Å². The minimum absolute atomic E-state index is 0.0677.